The monoisotopic (exact) mass is 267 g/mol. The van der Waals surface area contributed by atoms with Gasteiger partial charge in [0.2, 0.25) is 17.5 Å². The first-order valence-electron chi connectivity index (χ1n) is 6.17. The molecular weight excluding hydrogens is 254 g/mol. The summed E-state index contributed by atoms with van der Waals surface area (Å²) in [4.78, 5) is 12.6. The minimum atomic E-state index is -0.456. The fraction of sp³-hybridized carbons (Fsp3) is 0.143. The normalized spacial score (nSPS) is 12.3. The zero-order valence-electron chi connectivity index (χ0n) is 10.9. The second-order valence-electron chi connectivity index (χ2n) is 4.43. The molecule has 1 atom stereocenters. The van der Waals surface area contributed by atoms with E-state index in [2.05, 4.69) is 20.1 Å². The zero-order valence-corrected chi connectivity index (χ0v) is 10.9. The minimum absolute atomic E-state index is 0.339. The van der Waals surface area contributed by atoms with Gasteiger partial charge in [0, 0.05) is 12.4 Å². The van der Waals surface area contributed by atoms with Gasteiger partial charge in [0.05, 0.1) is 0 Å². The lowest BCUT2D eigenvalue weighted by Gasteiger charge is -2.05. The fourth-order valence-corrected chi connectivity index (χ4v) is 1.76. The number of hydrogen-bond acceptors (Lipinski definition) is 6. The molecule has 0 aliphatic carbocycles. The summed E-state index contributed by atoms with van der Waals surface area (Å²) in [5, 5.41) is 3.87. The second-order valence-corrected chi connectivity index (χ2v) is 4.43. The van der Waals surface area contributed by atoms with E-state index in [1.54, 1.807) is 12.4 Å². The molecule has 0 saturated heterocycles. The van der Waals surface area contributed by atoms with Crippen molar-refractivity contribution in [1.29, 1.82) is 0 Å². The van der Waals surface area contributed by atoms with Crippen LogP contribution in [0.3, 0.4) is 0 Å². The van der Waals surface area contributed by atoms with Crippen molar-refractivity contribution in [1.82, 2.24) is 20.1 Å². The molecule has 1 aromatic carbocycles. The number of benzene rings is 1. The molecule has 100 valence electrons. The van der Waals surface area contributed by atoms with E-state index in [1.165, 1.54) is 0 Å². The Morgan fingerprint density at radius 2 is 1.75 bits per heavy atom. The van der Waals surface area contributed by atoms with Crippen LogP contribution in [0.1, 0.15) is 23.1 Å². The Morgan fingerprint density at radius 3 is 2.45 bits per heavy atom. The maximum absolute atomic E-state index is 6.09. The van der Waals surface area contributed by atoms with Crippen LogP contribution in [-0.4, -0.2) is 20.1 Å². The van der Waals surface area contributed by atoms with Gasteiger partial charge >= 0.3 is 0 Å². The summed E-state index contributed by atoms with van der Waals surface area (Å²) in [6.45, 7) is 1.91. The third kappa shape index (κ3) is 2.41. The van der Waals surface area contributed by atoms with Crippen molar-refractivity contribution in [3.8, 4) is 11.6 Å². The zero-order chi connectivity index (χ0) is 13.9. The van der Waals surface area contributed by atoms with Crippen molar-refractivity contribution in [2.75, 3.05) is 0 Å². The molecule has 0 fully saturated rings. The second kappa shape index (κ2) is 5.18. The average Bonchev–Trinajstić information content (AvgIpc) is 2.98. The summed E-state index contributed by atoms with van der Waals surface area (Å²) in [7, 11) is 0. The van der Waals surface area contributed by atoms with Gasteiger partial charge in [-0.05, 0) is 18.1 Å². The van der Waals surface area contributed by atoms with Crippen LogP contribution in [0.5, 0.6) is 0 Å². The Kier molecular flexibility index (Phi) is 3.22. The molecule has 6 nitrogen and oxygen atoms in total. The van der Waals surface area contributed by atoms with E-state index in [9.17, 15) is 0 Å². The molecule has 3 aromatic rings. The Balaban J connectivity index is 1.89. The van der Waals surface area contributed by atoms with Crippen LogP contribution >= 0.6 is 0 Å². The molecule has 0 bridgehead atoms. The summed E-state index contributed by atoms with van der Waals surface area (Å²) in [5.74, 6) is 1.10. The number of rotatable bonds is 3. The van der Waals surface area contributed by atoms with Crippen LogP contribution in [0.25, 0.3) is 11.6 Å². The Morgan fingerprint density at radius 1 is 1.05 bits per heavy atom. The highest BCUT2D eigenvalue weighted by Crippen LogP contribution is 2.19. The molecule has 20 heavy (non-hydrogen) atoms. The first-order chi connectivity index (χ1) is 9.74. The molecule has 0 radical (unpaired) electrons. The third-order valence-electron chi connectivity index (χ3n) is 2.85. The van der Waals surface area contributed by atoms with E-state index in [0.29, 0.717) is 17.5 Å². The largest absolute Gasteiger partial charge is 0.337 e. The van der Waals surface area contributed by atoms with Crippen LogP contribution in [0, 0.1) is 6.92 Å². The smallest absolute Gasteiger partial charge is 0.248 e. The highest BCUT2D eigenvalue weighted by atomic mass is 16.5. The molecule has 0 saturated carbocycles. The van der Waals surface area contributed by atoms with Gasteiger partial charge in [-0.15, -0.1) is 0 Å². The van der Waals surface area contributed by atoms with Crippen LogP contribution in [0.2, 0.25) is 0 Å². The standard InChI is InChI=1S/C14H13N5O/c1-9-7-16-12(17-8-9)13-18-14(20-19-13)11(15)10-5-3-2-4-6-10/h2-8,11H,15H2,1H3/t11-/m0/s1. The highest BCUT2D eigenvalue weighted by molar-refractivity contribution is 5.41. The lowest BCUT2D eigenvalue weighted by atomic mass is 10.1. The van der Waals surface area contributed by atoms with Gasteiger partial charge in [-0.3, -0.25) is 0 Å². The van der Waals surface area contributed by atoms with E-state index in [-0.39, 0.29) is 0 Å². The van der Waals surface area contributed by atoms with E-state index < -0.39 is 6.04 Å². The molecule has 2 aromatic heterocycles. The maximum Gasteiger partial charge on any atom is 0.248 e. The van der Waals surface area contributed by atoms with Crippen LogP contribution in [0.4, 0.5) is 0 Å². The van der Waals surface area contributed by atoms with Crippen molar-refractivity contribution in [3.05, 3.63) is 59.7 Å². The summed E-state index contributed by atoms with van der Waals surface area (Å²) in [6.07, 6.45) is 3.41. The Bertz CT molecular complexity index is 693. The molecule has 0 aliphatic rings. The Hall–Kier alpha value is -2.60. The predicted octanol–water partition coefficient (Wildman–Crippen LogP) is 1.88. The fourth-order valence-electron chi connectivity index (χ4n) is 1.76. The predicted molar refractivity (Wildman–Crippen MR) is 72.5 cm³/mol. The van der Waals surface area contributed by atoms with Crippen molar-refractivity contribution < 1.29 is 4.52 Å². The Labute approximate surface area is 115 Å². The lowest BCUT2D eigenvalue weighted by Crippen LogP contribution is -2.12. The van der Waals surface area contributed by atoms with Crippen LogP contribution in [-0.2, 0) is 0 Å². The molecule has 0 amide bonds. The van der Waals surface area contributed by atoms with Gasteiger partial charge in [0.25, 0.3) is 0 Å². The molecule has 2 heterocycles. The number of nitrogens with zero attached hydrogens (tertiary/aromatic N) is 4. The maximum atomic E-state index is 6.09. The van der Waals surface area contributed by atoms with Gasteiger partial charge in [-0.1, -0.05) is 35.5 Å². The summed E-state index contributed by atoms with van der Waals surface area (Å²) in [6, 6.07) is 9.12. The molecular formula is C14H13N5O. The topological polar surface area (TPSA) is 90.7 Å². The molecule has 0 unspecified atom stereocenters. The van der Waals surface area contributed by atoms with Gasteiger partial charge in [-0.2, -0.15) is 4.98 Å². The number of nitrogens with two attached hydrogens (primary N) is 1. The molecule has 6 heteroatoms. The first kappa shape index (κ1) is 12.4. The average molecular weight is 267 g/mol. The van der Waals surface area contributed by atoms with Crippen molar-refractivity contribution in [3.63, 3.8) is 0 Å². The van der Waals surface area contributed by atoms with Crippen molar-refractivity contribution >= 4 is 0 Å². The van der Waals surface area contributed by atoms with E-state index >= 15 is 0 Å². The SMILES string of the molecule is Cc1cnc(-c2noc([C@@H](N)c3ccccc3)n2)nc1. The minimum Gasteiger partial charge on any atom is -0.337 e. The number of aromatic nitrogens is 4. The number of aryl methyl sites for hydroxylation is 1. The van der Waals surface area contributed by atoms with Crippen molar-refractivity contribution in [2.45, 2.75) is 13.0 Å². The summed E-state index contributed by atoms with van der Waals surface area (Å²) >= 11 is 0. The summed E-state index contributed by atoms with van der Waals surface area (Å²) < 4.78 is 5.20. The van der Waals surface area contributed by atoms with Crippen LogP contribution < -0.4 is 5.73 Å². The van der Waals surface area contributed by atoms with Gasteiger partial charge in [-0.25, -0.2) is 9.97 Å². The van der Waals surface area contributed by atoms with E-state index in [0.717, 1.165) is 11.1 Å². The molecule has 0 spiro atoms. The van der Waals surface area contributed by atoms with Crippen LogP contribution in [0.15, 0.2) is 47.2 Å². The molecule has 0 aliphatic heterocycles. The van der Waals surface area contributed by atoms with Gasteiger partial charge < -0.3 is 10.3 Å². The van der Waals surface area contributed by atoms with E-state index in [1.807, 2.05) is 37.3 Å². The first-order valence-corrected chi connectivity index (χ1v) is 6.17. The van der Waals surface area contributed by atoms with Gasteiger partial charge in [0.15, 0.2) is 0 Å². The van der Waals surface area contributed by atoms with E-state index in [4.69, 9.17) is 10.3 Å². The third-order valence-corrected chi connectivity index (χ3v) is 2.85. The van der Waals surface area contributed by atoms with Gasteiger partial charge in [0.1, 0.15) is 6.04 Å². The molecule has 2 N–H and O–H groups in total. The number of hydrogen-bond donors (Lipinski definition) is 1. The van der Waals surface area contributed by atoms with Crippen molar-refractivity contribution in [2.24, 2.45) is 5.73 Å². The molecule has 3 rings (SSSR count). The quantitative estimate of drug-likeness (QED) is 0.779. The highest BCUT2D eigenvalue weighted by Gasteiger charge is 2.18. The summed E-state index contributed by atoms with van der Waals surface area (Å²) in [5.41, 5.74) is 7.98. The lowest BCUT2D eigenvalue weighted by molar-refractivity contribution is 0.367.